The summed E-state index contributed by atoms with van der Waals surface area (Å²) in [5.41, 5.74) is 10.7. The maximum Gasteiger partial charge on any atom is 0.127 e. The van der Waals surface area contributed by atoms with Crippen LogP contribution in [-0.4, -0.2) is 38.6 Å². The van der Waals surface area contributed by atoms with Crippen LogP contribution in [0.3, 0.4) is 0 Å². The van der Waals surface area contributed by atoms with E-state index in [1.807, 2.05) is 24.3 Å². The molecule has 0 bridgehead atoms. The molecule has 4 heteroatoms. The molecule has 0 saturated heterocycles. The van der Waals surface area contributed by atoms with Gasteiger partial charge in [0.1, 0.15) is 24.7 Å². The van der Waals surface area contributed by atoms with Crippen molar-refractivity contribution in [2.75, 3.05) is 33.5 Å². The second-order valence-electron chi connectivity index (χ2n) is 11.4. The highest BCUT2D eigenvalue weighted by atomic mass is 16.5. The van der Waals surface area contributed by atoms with Crippen LogP contribution in [0.5, 0.6) is 11.5 Å². The molecule has 1 N–H and O–H groups in total. The van der Waals surface area contributed by atoms with Crippen LogP contribution in [-0.2, 0) is 10.2 Å². The molecule has 46 heavy (non-hydrogen) atoms. The largest absolute Gasteiger partial charge is 0.491 e. The molecule has 6 aromatic rings. The summed E-state index contributed by atoms with van der Waals surface area (Å²) in [4.78, 5) is 0. The van der Waals surface area contributed by atoms with Crippen molar-refractivity contribution in [3.63, 3.8) is 0 Å². The fourth-order valence-corrected chi connectivity index (χ4v) is 6.88. The van der Waals surface area contributed by atoms with Gasteiger partial charge >= 0.3 is 0 Å². The second-order valence-corrected chi connectivity index (χ2v) is 11.4. The van der Waals surface area contributed by atoms with Crippen LogP contribution in [0.4, 0.5) is 0 Å². The Bertz CT molecular complexity index is 1900. The molecule has 0 saturated carbocycles. The number of benzene rings is 6. The summed E-state index contributed by atoms with van der Waals surface area (Å²) in [6, 6.07) is 51.4. The SMILES string of the molecule is COCCOc1ccc(C2(c3ccc(OCCO)c(-c4ccccc4)c3)c3ccccc3-c3ccccc32)cc1-c1ccccc1. The zero-order valence-electron chi connectivity index (χ0n) is 25.9. The van der Waals surface area contributed by atoms with Gasteiger partial charge in [-0.25, -0.2) is 0 Å². The standard InChI is InChI=1S/C42H36O4/c1-44-26-27-46-41-23-21-33(29-37(41)31-14-6-3-7-15-31)42(38-18-10-8-16-34(38)35-17-9-11-19-39(35)42)32-20-22-40(45-25-24-43)36(28-32)30-12-4-2-5-13-30/h2-23,28-29,43H,24-27H2,1H3. The van der Waals surface area contributed by atoms with E-state index < -0.39 is 5.41 Å². The molecular weight excluding hydrogens is 568 g/mol. The number of aliphatic hydroxyl groups is 1. The summed E-state index contributed by atoms with van der Waals surface area (Å²) in [6.07, 6.45) is 0. The first-order chi connectivity index (χ1) is 22.8. The number of ether oxygens (including phenoxy) is 3. The van der Waals surface area contributed by atoms with E-state index >= 15 is 0 Å². The molecule has 0 unspecified atom stereocenters. The van der Waals surface area contributed by atoms with Gasteiger partial charge in [-0.05, 0) is 68.8 Å². The Morgan fingerprint density at radius 3 is 1.41 bits per heavy atom. The Hall–Kier alpha value is -5.16. The van der Waals surface area contributed by atoms with Gasteiger partial charge in [0, 0.05) is 18.2 Å². The first kappa shape index (κ1) is 29.5. The van der Waals surface area contributed by atoms with Gasteiger partial charge in [-0.3, -0.25) is 0 Å². The van der Waals surface area contributed by atoms with E-state index in [9.17, 15) is 5.11 Å². The molecule has 0 amide bonds. The lowest BCUT2D eigenvalue weighted by atomic mass is 9.67. The predicted octanol–water partition coefficient (Wildman–Crippen LogP) is 8.78. The molecule has 0 aliphatic heterocycles. The highest BCUT2D eigenvalue weighted by Gasteiger charge is 2.46. The Balaban J connectivity index is 1.53. The quantitative estimate of drug-likeness (QED) is 0.150. The fourth-order valence-electron chi connectivity index (χ4n) is 6.88. The number of hydrogen-bond donors (Lipinski definition) is 1. The predicted molar refractivity (Wildman–Crippen MR) is 185 cm³/mol. The molecule has 0 aromatic heterocycles. The van der Waals surface area contributed by atoms with Crippen LogP contribution in [0, 0.1) is 0 Å². The van der Waals surface area contributed by atoms with Gasteiger partial charge in [0.25, 0.3) is 0 Å². The second kappa shape index (κ2) is 13.1. The van der Waals surface area contributed by atoms with Crippen LogP contribution in [0.2, 0.25) is 0 Å². The van der Waals surface area contributed by atoms with Crippen molar-refractivity contribution < 1.29 is 19.3 Å². The Kier molecular flexibility index (Phi) is 8.39. The van der Waals surface area contributed by atoms with Crippen molar-refractivity contribution in [2.24, 2.45) is 0 Å². The Labute approximate surface area is 270 Å². The minimum absolute atomic E-state index is 0.0538. The molecule has 7 rings (SSSR count). The Morgan fingerprint density at radius 1 is 0.478 bits per heavy atom. The zero-order chi connectivity index (χ0) is 31.3. The van der Waals surface area contributed by atoms with Crippen LogP contribution in [0.25, 0.3) is 33.4 Å². The van der Waals surface area contributed by atoms with Gasteiger partial charge in [0.2, 0.25) is 0 Å². The molecule has 4 nitrogen and oxygen atoms in total. The van der Waals surface area contributed by atoms with Crippen LogP contribution in [0.15, 0.2) is 146 Å². The van der Waals surface area contributed by atoms with E-state index in [4.69, 9.17) is 14.2 Å². The lowest BCUT2D eigenvalue weighted by Crippen LogP contribution is -2.29. The molecule has 0 atom stereocenters. The van der Waals surface area contributed by atoms with Gasteiger partial charge < -0.3 is 19.3 Å². The fraction of sp³-hybridized carbons (Fsp3) is 0.143. The smallest absolute Gasteiger partial charge is 0.127 e. The summed E-state index contributed by atoms with van der Waals surface area (Å²) in [5, 5.41) is 9.59. The highest BCUT2D eigenvalue weighted by Crippen LogP contribution is 2.57. The maximum absolute atomic E-state index is 9.59. The van der Waals surface area contributed by atoms with E-state index in [2.05, 4.69) is 121 Å². The molecule has 0 fully saturated rings. The van der Waals surface area contributed by atoms with E-state index in [0.717, 1.165) is 44.9 Å². The monoisotopic (exact) mass is 604 g/mol. The van der Waals surface area contributed by atoms with Gasteiger partial charge in [0.05, 0.1) is 18.6 Å². The molecule has 1 aliphatic carbocycles. The van der Waals surface area contributed by atoms with Crippen molar-refractivity contribution in [1.29, 1.82) is 0 Å². The molecule has 0 radical (unpaired) electrons. The molecule has 1 aliphatic rings. The molecule has 6 aromatic carbocycles. The summed E-state index contributed by atoms with van der Waals surface area (Å²) < 4.78 is 17.7. The van der Waals surface area contributed by atoms with E-state index in [1.54, 1.807) is 7.11 Å². The summed E-state index contributed by atoms with van der Waals surface area (Å²) in [6.45, 7) is 1.14. The first-order valence-corrected chi connectivity index (χ1v) is 15.7. The lowest BCUT2D eigenvalue weighted by Gasteiger charge is -2.35. The molecular formula is C42H36O4. The van der Waals surface area contributed by atoms with Gasteiger partial charge in [-0.15, -0.1) is 0 Å². The zero-order valence-corrected chi connectivity index (χ0v) is 25.9. The van der Waals surface area contributed by atoms with Crippen molar-refractivity contribution in [1.82, 2.24) is 0 Å². The topological polar surface area (TPSA) is 47.9 Å². The summed E-state index contributed by atoms with van der Waals surface area (Å²) in [5.74, 6) is 1.56. The van der Waals surface area contributed by atoms with Crippen molar-refractivity contribution in [3.8, 4) is 44.9 Å². The van der Waals surface area contributed by atoms with Crippen LogP contribution in [0.1, 0.15) is 22.3 Å². The maximum atomic E-state index is 9.59. The number of aliphatic hydroxyl groups excluding tert-OH is 1. The van der Waals surface area contributed by atoms with E-state index in [-0.39, 0.29) is 13.2 Å². The Morgan fingerprint density at radius 2 is 0.935 bits per heavy atom. The molecule has 0 spiro atoms. The summed E-state index contributed by atoms with van der Waals surface area (Å²) in [7, 11) is 1.69. The number of hydrogen-bond acceptors (Lipinski definition) is 4. The van der Waals surface area contributed by atoms with Crippen LogP contribution >= 0.6 is 0 Å². The average molecular weight is 605 g/mol. The third kappa shape index (κ3) is 5.16. The van der Waals surface area contributed by atoms with E-state index in [0.29, 0.717) is 13.2 Å². The van der Waals surface area contributed by atoms with Crippen LogP contribution < -0.4 is 9.47 Å². The first-order valence-electron chi connectivity index (χ1n) is 15.7. The van der Waals surface area contributed by atoms with Gasteiger partial charge in [-0.2, -0.15) is 0 Å². The van der Waals surface area contributed by atoms with Crippen molar-refractivity contribution in [2.45, 2.75) is 5.41 Å². The number of fused-ring (bicyclic) bond motifs is 3. The third-order valence-corrected chi connectivity index (χ3v) is 8.84. The normalized spacial score (nSPS) is 12.7. The minimum atomic E-state index is -0.624. The van der Waals surface area contributed by atoms with E-state index in [1.165, 1.54) is 22.3 Å². The van der Waals surface area contributed by atoms with Crippen molar-refractivity contribution >= 4 is 0 Å². The highest BCUT2D eigenvalue weighted by molar-refractivity contribution is 5.88. The molecule has 228 valence electrons. The van der Waals surface area contributed by atoms with Gasteiger partial charge in [0.15, 0.2) is 0 Å². The van der Waals surface area contributed by atoms with Gasteiger partial charge in [-0.1, -0.05) is 121 Å². The third-order valence-electron chi connectivity index (χ3n) is 8.84. The number of methoxy groups -OCH3 is 1. The lowest BCUT2D eigenvalue weighted by molar-refractivity contribution is 0.146. The van der Waals surface area contributed by atoms with Crippen molar-refractivity contribution in [3.05, 3.63) is 168 Å². The minimum Gasteiger partial charge on any atom is -0.491 e. The summed E-state index contributed by atoms with van der Waals surface area (Å²) >= 11 is 0. The molecule has 0 heterocycles. The average Bonchev–Trinajstić information content (AvgIpc) is 3.43. The number of rotatable bonds is 11.